The standard InChI is InChI=1S/C24H32ClN/c1-19(26(2)18-21-6-4-3-5-7-21)8-9-20-10-12-22(13-11-20)23-14-16-24(25)17-15-23/h3-7,10-13,19,23-24H,8-9,14-18H2,1-2H3. The summed E-state index contributed by atoms with van der Waals surface area (Å²) in [5.41, 5.74) is 4.35. The summed E-state index contributed by atoms with van der Waals surface area (Å²) >= 11 is 6.24. The zero-order valence-corrected chi connectivity index (χ0v) is 17.0. The van der Waals surface area contributed by atoms with Gasteiger partial charge in [0.15, 0.2) is 0 Å². The lowest BCUT2D eigenvalue weighted by Gasteiger charge is -2.26. The first-order valence-electron chi connectivity index (χ1n) is 10.1. The summed E-state index contributed by atoms with van der Waals surface area (Å²) in [5, 5.41) is 0.403. The van der Waals surface area contributed by atoms with Crippen LogP contribution in [0.25, 0.3) is 0 Å². The molecule has 140 valence electrons. The van der Waals surface area contributed by atoms with E-state index in [1.54, 1.807) is 0 Å². The van der Waals surface area contributed by atoms with Gasteiger partial charge in [-0.25, -0.2) is 0 Å². The molecule has 0 aliphatic heterocycles. The fourth-order valence-electron chi connectivity index (χ4n) is 3.97. The van der Waals surface area contributed by atoms with Gasteiger partial charge in [-0.1, -0.05) is 54.6 Å². The van der Waals surface area contributed by atoms with E-state index >= 15 is 0 Å². The van der Waals surface area contributed by atoms with Crippen molar-refractivity contribution in [2.24, 2.45) is 0 Å². The van der Waals surface area contributed by atoms with Crippen molar-refractivity contribution >= 4 is 11.6 Å². The summed E-state index contributed by atoms with van der Waals surface area (Å²) in [4.78, 5) is 2.45. The summed E-state index contributed by atoms with van der Waals surface area (Å²) in [6.07, 6.45) is 7.16. The van der Waals surface area contributed by atoms with E-state index in [-0.39, 0.29) is 0 Å². The molecule has 0 spiro atoms. The van der Waals surface area contributed by atoms with Crippen LogP contribution >= 0.6 is 11.6 Å². The molecule has 2 aromatic carbocycles. The molecule has 1 saturated carbocycles. The van der Waals surface area contributed by atoms with Crippen LogP contribution in [0.3, 0.4) is 0 Å². The average molecular weight is 370 g/mol. The van der Waals surface area contributed by atoms with Crippen LogP contribution in [0.5, 0.6) is 0 Å². The zero-order chi connectivity index (χ0) is 18.4. The number of hydrogen-bond acceptors (Lipinski definition) is 1. The largest absolute Gasteiger partial charge is 0.299 e. The van der Waals surface area contributed by atoms with E-state index in [2.05, 4.69) is 73.5 Å². The Balaban J connectivity index is 1.46. The van der Waals surface area contributed by atoms with Crippen LogP contribution in [0.15, 0.2) is 54.6 Å². The molecule has 0 heterocycles. The van der Waals surface area contributed by atoms with E-state index < -0.39 is 0 Å². The van der Waals surface area contributed by atoms with Crippen LogP contribution in [0.1, 0.15) is 61.6 Å². The minimum atomic E-state index is 0.403. The average Bonchev–Trinajstić information content (AvgIpc) is 2.68. The van der Waals surface area contributed by atoms with E-state index in [0.717, 1.165) is 18.9 Å². The Morgan fingerprint density at radius 1 is 0.923 bits per heavy atom. The van der Waals surface area contributed by atoms with Crippen molar-refractivity contribution in [2.45, 2.75) is 69.3 Å². The Labute approximate surface area is 164 Å². The van der Waals surface area contributed by atoms with Crippen molar-refractivity contribution in [3.8, 4) is 0 Å². The van der Waals surface area contributed by atoms with Gasteiger partial charge >= 0.3 is 0 Å². The van der Waals surface area contributed by atoms with Gasteiger partial charge in [0.05, 0.1) is 0 Å². The number of hydrogen-bond donors (Lipinski definition) is 0. The molecule has 1 nitrogen and oxygen atoms in total. The summed E-state index contributed by atoms with van der Waals surface area (Å²) in [5.74, 6) is 0.718. The SMILES string of the molecule is CC(CCc1ccc(C2CCC(Cl)CC2)cc1)N(C)Cc1ccccc1. The van der Waals surface area contributed by atoms with Gasteiger partial charge < -0.3 is 0 Å². The number of alkyl halides is 1. The maximum absolute atomic E-state index is 6.24. The van der Waals surface area contributed by atoms with Crippen molar-refractivity contribution in [3.63, 3.8) is 0 Å². The fraction of sp³-hybridized carbons (Fsp3) is 0.500. The van der Waals surface area contributed by atoms with Crippen molar-refractivity contribution in [1.29, 1.82) is 0 Å². The molecule has 3 rings (SSSR count). The molecule has 0 radical (unpaired) electrons. The molecule has 1 unspecified atom stereocenters. The topological polar surface area (TPSA) is 3.24 Å². The van der Waals surface area contributed by atoms with E-state index in [9.17, 15) is 0 Å². The van der Waals surface area contributed by atoms with Crippen LogP contribution < -0.4 is 0 Å². The molecule has 1 aliphatic carbocycles. The quantitative estimate of drug-likeness (QED) is 0.510. The minimum Gasteiger partial charge on any atom is -0.299 e. The maximum atomic E-state index is 6.24. The minimum absolute atomic E-state index is 0.403. The van der Waals surface area contributed by atoms with E-state index in [1.807, 2.05) is 0 Å². The second-order valence-electron chi connectivity index (χ2n) is 7.98. The smallest absolute Gasteiger partial charge is 0.0336 e. The Morgan fingerprint density at radius 2 is 1.58 bits per heavy atom. The second kappa shape index (κ2) is 9.58. The molecule has 26 heavy (non-hydrogen) atoms. The van der Waals surface area contributed by atoms with Gasteiger partial charge in [0.2, 0.25) is 0 Å². The lowest BCUT2D eigenvalue weighted by Crippen LogP contribution is -2.29. The summed E-state index contributed by atoms with van der Waals surface area (Å²) < 4.78 is 0. The van der Waals surface area contributed by atoms with Gasteiger partial charge in [0, 0.05) is 18.0 Å². The molecule has 0 aromatic heterocycles. The zero-order valence-electron chi connectivity index (χ0n) is 16.2. The molecule has 1 atom stereocenters. The Kier molecular flexibility index (Phi) is 7.16. The predicted octanol–water partition coefficient (Wildman–Crippen LogP) is 6.40. The molecule has 0 N–H and O–H groups in total. The number of rotatable bonds is 7. The molecule has 2 heteroatoms. The Morgan fingerprint density at radius 3 is 2.23 bits per heavy atom. The number of halogens is 1. The highest BCUT2D eigenvalue weighted by Crippen LogP contribution is 2.34. The third kappa shape index (κ3) is 5.59. The lowest BCUT2D eigenvalue weighted by atomic mass is 9.83. The number of aryl methyl sites for hydroxylation is 1. The van der Waals surface area contributed by atoms with Crippen molar-refractivity contribution in [2.75, 3.05) is 7.05 Å². The molecular weight excluding hydrogens is 338 g/mol. The van der Waals surface area contributed by atoms with Gasteiger partial charge in [-0.2, -0.15) is 0 Å². The van der Waals surface area contributed by atoms with Gasteiger partial charge in [0.1, 0.15) is 0 Å². The predicted molar refractivity (Wildman–Crippen MR) is 113 cm³/mol. The first-order valence-corrected chi connectivity index (χ1v) is 10.5. The number of benzene rings is 2. The highest BCUT2D eigenvalue weighted by Gasteiger charge is 2.20. The molecule has 0 saturated heterocycles. The Hall–Kier alpha value is -1.31. The van der Waals surface area contributed by atoms with E-state index in [0.29, 0.717) is 11.4 Å². The lowest BCUT2D eigenvalue weighted by molar-refractivity contribution is 0.238. The summed E-state index contributed by atoms with van der Waals surface area (Å²) in [6.45, 7) is 3.35. The number of nitrogens with zero attached hydrogens (tertiary/aromatic N) is 1. The van der Waals surface area contributed by atoms with Crippen molar-refractivity contribution < 1.29 is 0 Å². The first kappa shape index (κ1) is 19.5. The third-order valence-corrected chi connectivity index (χ3v) is 6.42. The summed E-state index contributed by atoms with van der Waals surface area (Å²) in [6, 6.07) is 20.7. The van der Waals surface area contributed by atoms with Crippen LogP contribution in [0, 0.1) is 0 Å². The van der Waals surface area contributed by atoms with Gasteiger partial charge in [-0.3, -0.25) is 4.90 Å². The molecule has 1 aliphatic rings. The fourth-order valence-corrected chi connectivity index (χ4v) is 4.22. The highest BCUT2D eigenvalue weighted by molar-refractivity contribution is 6.20. The summed E-state index contributed by atoms with van der Waals surface area (Å²) in [7, 11) is 2.23. The van der Waals surface area contributed by atoms with Crippen LogP contribution in [-0.4, -0.2) is 23.4 Å². The molecule has 1 fully saturated rings. The van der Waals surface area contributed by atoms with Gasteiger partial charge in [-0.15, -0.1) is 11.6 Å². The van der Waals surface area contributed by atoms with Crippen molar-refractivity contribution in [3.05, 3.63) is 71.3 Å². The van der Waals surface area contributed by atoms with Crippen LogP contribution in [0.4, 0.5) is 0 Å². The second-order valence-corrected chi connectivity index (χ2v) is 8.60. The van der Waals surface area contributed by atoms with E-state index in [1.165, 1.54) is 48.8 Å². The maximum Gasteiger partial charge on any atom is 0.0336 e. The van der Waals surface area contributed by atoms with Crippen LogP contribution in [-0.2, 0) is 13.0 Å². The van der Waals surface area contributed by atoms with Gasteiger partial charge in [0.25, 0.3) is 0 Å². The Bertz CT molecular complexity index is 644. The van der Waals surface area contributed by atoms with E-state index in [4.69, 9.17) is 11.6 Å². The molecular formula is C24H32ClN. The highest BCUT2D eigenvalue weighted by atomic mass is 35.5. The third-order valence-electron chi connectivity index (χ3n) is 5.99. The van der Waals surface area contributed by atoms with Crippen molar-refractivity contribution in [1.82, 2.24) is 4.90 Å². The van der Waals surface area contributed by atoms with Crippen LogP contribution in [0.2, 0.25) is 0 Å². The monoisotopic (exact) mass is 369 g/mol. The molecule has 0 bridgehead atoms. The molecule has 2 aromatic rings. The first-order chi connectivity index (χ1) is 12.6. The molecule has 0 amide bonds. The van der Waals surface area contributed by atoms with Gasteiger partial charge in [-0.05, 0) is 75.1 Å². The normalized spacial score (nSPS) is 21.7.